The van der Waals surface area contributed by atoms with Gasteiger partial charge in [-0.2, -0.15) is 13.2 Å². The molecule has 6 N–H and O–H groups in total. The molecule has 2 aliphatic heterocycles. The van der Waals surface area contributed by atoms with Crippen LogP contribution in [0.5, 0.6) is 11.5 Å². The number of aliphatic hydroxyl groups is 3. The second-order valence-electron chi connectivity index (χ2n) is 16.7. The predicted molar refractivity (Wildman–Crippen MR) is 254 cm³/mol. The van der Waals surface area contributed by atoms with Crippen LogP contribution >= 0.6 is 0 Å². The van der Waals surface area contributed by atoms with Gasteiger partial charge in [-0.1, -0.05) is 30.3 Å². The van der Waals surface area contributed by atoms with Crippen molar-refractivity contribution in [1.82, 2.24) is 20.6 Å². The summed E-state index contributed by atoms with van der Waals surface area (Å²) in [5.41, 5.74) is 1.95. The van der Waals surface area contributed by atoms with Crippen LogP contribution in [0, 0.1) is 0 Å². The molecule has 0 bridgehead atoms. The van der Waals surface area contributed by atoms with E-state index in [9.17, 15) is 62.4 Å². The summed E-state index contributed by atoms with van der Waals surface area (Å²) >= 11 is 0. The molecular weight excluding hydrogens is 1020 g/mol. The number of hydroxylamine groups is 1. The molecule has 0 unspecified atom stereocenters. The highest BCUT2D eigenvalue weighted by atomic mass is 19.4. The minimum absolute atomic E-state index is 0.0190. The number of benzene rings is 4. The van der Waals surface area contributed by atoms with Gasteiger partial charge < -0.3 is 73.3 Å². The zero-order valence-corrected chi connectivity index (χ0v) is 41.1. The molecule has 6 rings (SSSR count). The first-order valence-electron chi connectivity index (χ1n) is 23.6. The van der Waals surface area contributed by atoms with E-state index in [4.69, 9.17) is 42.6 Å². The van der Waals surface area contributed by atoms with Crippen LogP contribution in [0.2, 0.25) is 0 Å². The number of imide groups is 1. The molecule has 4 aromatic carbocycles. The standard InChI is InChI=1S/C49H57F3N4O20/c1-55(12-13-56-43(61)31-8-10-34(67-2)32-26-29-5-3-4-6-30(29)37(36(31)32)44(56)62)48(66)73-27-28-7-9-35(75-46-40(59)38(57)39(58)41(76-46)45(63)64)33(25-28)42(60)53-11-14-68-15-16-69-17-18-70-19-20-71-21-22-72-23-24-74-54-47(65)49(50,51)52/h3-10,25-26,38-41,46,57-59H,11-24,27H2,1-2H3,(H,53,60)(H,54,65)(H,63,64)/t38-,39-,40+,41-,46+/m0/s1. The van der Waals surface area contributed by atoms with E-state index in [0.717, 1.165) is 10.3 Å². The Hall–Kier alpha value is -6.79. The number of carboxylic acids is 1. The first-order valence-corrected chi connectivity index (χ1v) is 23.6. The first kappa shape index (κ1) is 58.5. The minimum atomic E-state index is -5.05. The van der Waals surface area contributed by atoms with Gasteiger partial charge >= 0.3 is 24.1 Å². The second kappa shape index (κ2) is 27.8. The van der Waals surface area contributed by atoms with Gasteiger partial charge in [0.05, 0.1) is 90.9 Å². The fourth-order valence-corrected chi connectivity index (χ4v) is 7.71. The molecule has 2 heterocycles. The number of aliphatic carboxylic acids is 1. The summed E-state index contributed by atoms with van der Waals surface area (Å²) in [4.78, 5) is 83.7. The predicted octanol–water partition coefficient (Wildman–Crippen LogP) is 1.56. The Bertz CT molecular complexity index is 2680. The van der Waals surface area contributed by atoms with Gasteiger partial charge in [-0.3, -0.25) is 28.9 Å². The lowest BCUT2D eigenvalue weighted by Crippen LogP contribution is -2.61. The average Bonchev–Trinajstić information content (AvgIpc) is 3.42. The summed E-state index contributed by atoms with van der Waals surface area (Å²) in [6.07, 6.45) is -15.7. The number of rotatable bonds is 29. The van der Waals surface area contributed by atoms with E-state index in [-0.39, 0.29) is 109 Å². The van der Waals surface area contributed by atoms with Crippen molar-refractivity contribution in [1.29, 1.82) is 0 Å². The number of likely N-dealkylation sites (N-methyl/N-ethyl adjacent to an activating group) is 1. The topological polar surface area (TPSA) is 306 Å². The number of carboxylic acid groups (broad SMARTS) is 1. The monoisotopic (exact) mass is 1080 g/mol. The maximum Gasteiger partial charge on any atom is 0.473 e. The number of hydrogen-bond acceptors (Lipinski definition) is 19. The van der Waals surface area contributed by atoms with Crippen molar-refractivity contribution >= 4 is 57.2 Å². The van der Waals surface area contributed by atoms with Crippen molar-refractivity contribution in [3.8, 4) is 11.5 Å². The number of nitrogens with one attached hydrogen (secondary N) is 2. The third-order valence-corrected chi connectivity index (χ3v) is 11.6. The van der Waals surface area contributed by atoms with Crippen molar-refractivity contribution < 1.29 is 110 Å². The molecule has 0 radical (unpaired) electrons. The number of hydrogen-bond donors (Lipinski definition) is 6. The summed E-state index contributed by atoms with van der Waals surface area (Å²) in [7, 11) is 2.91. The largest absolute Gasteiger partial charge is 0.496 e. The molecule has 27 heteroatoms. The molecule has 0 spiro atoms. The van der Waals surface area contributed by atoms with Crippen LogP contribution in [0.15, 0.2) is 60.7 Å². The lowest BCUT2D eigenvalue weighted by Gasteiger charge is -2.38. The molecule has 0 aliphatic carbocycles. The molecule has 2 aliphatic rings. The van der Waals surface area contributed by atoms with Crippen LogP contribution in [0.1, 0.15) is 36.6 Å². The van der Waals surface area contributed by atoms with E-state index in [2.05, 4.69) is 10.2 Å². The fourth-order valence-electron chi connectivity index (χ4n) is 7.71. The SMILES string of the molecule is COc1ccc2c3c(c4ccccc4cc13)C(=O)N(CCN(C)C(=O)OCc1ccc(O[C@@H]3O[C@H](C(=O)O)[C@@H](O)[C@H](O)[C@H]3O)c(C(=O)NCCOCCOCCOCCOCCOCCONC(=O)C(F)(F)F)c1)C2=O. The molecule has 0 aromatic heterocycles. The van der Waals surface area contributed by atoms with Crippen LogP contribution in [0.4, 0.5) is 18.0 Å². The molecule has 1 saturated heterocycles. The van der Waals surface area contributed by atoms with Crippen LogP contribution in [-0.2, 0) is 54.2 Å². The van der Waals surface area contributed by atoms with Crippen LogP contribution in [0.3, 0.4) is 0 Å². The smallest absolute Gasteiger partial charge is 0.473 e. The maximum absolute atomic E-state index is 14.1. The van der Waals surface area contributed by atoms with Crippen molar-refractivity contribution in [3.63, 3.8) is 0 Å². The van der Waals surface area contributed by atoms with Gasteiger partial charge in [0.2, 0.25) is 6.29 Å². The first-order chi connectivity index (χ1) is 36.4. The van der Waals surface area contributed by atoms with Crippen molar-refractivity contribution in [2.24, 2.45) is 0 Å². The quantitative estimate of drug-likeness (QED) is 0.0195. The van der Waals surface area contributed by atoms with Crippen molar-refractivity contribution in [3.05, 3.63) is 82.9 Å². The molecule has 1 fully saturated rings. The van der Waals surface area contributed by atoms with Crippen molar-refractivity contribution in [2.45, 2.75) is 43.5 Å². The average molecular weight is 1080 g/mol. The maximum atomic E-state index is 14.1. The number of carbonyl (C=O) groups is 6. The Labute approximate surface area is 431 Å². The Kier molecular flexibility index (Phi) is 21.4. The number of methoxy groups -OCH3 is 1. The zero-order valence-electron chi connectivity index (χ0n) is 41.1. The van der Waals surface area contributed by atoms with Gasteiger partial charge in [-0.05, 0) is 46.7 Å². The Morgan fingerprint density at radius 3 is 2.00 bits per heavy atom. The lowest BCUT2D eigenvalue weighted by atomic mass is 9.89. The second-order valence-corrected chi connectivity index (χ2v) is 16.7. The number of ether oxygens (including phenoxy) is 9. The van der Waals surface area contributed by atoms with Gasteiger partial charge in [0, 0.05) is 43.0 Å². The highest BCUT2D eigenvalue weighted by molar-refractivity contribution is 6.31. The third-order valence-electron chi connectivity index (χ3n) is 11.6. The normalized spacial score (nSPS) is 18.4. The van der Waals surface area contributed by atoms with Gasteiger partial charge in [0.1, 0.15) is 36.4 Å². The highest BCUT2D eigenvalue weighted by Gasteiger charge is 2.48. The molecule has 5 atom stereocenters. The third kappa shape index (κ3) is 15.2. The molecule has 76 heavy (non-hydrogen) atoms. The van der Waals surface area contributed by atoms with Gasteiger partial charge in [0.25, 0.3) is 17.7 Å². The molecule has 5 amide bonds. The van der Waals surface area contributed by atoms with E-state index in [0.29, 0.717) is 33.0 Å². The molecular formula is C49H57F3N4O20. The number of nitrogens with zero attached hydrogens (tertiary/aromatic N) is 2. The van der Waals surface area contributed by atoms with Crippen LogP contribution in [-0.4, -0.2) is 209 Å². The van der Waals surface area contributed by atoms with E-state index in [1.165, 1.54) is 42.7 Å². The Morgan fingerprint density at radius 2 is 1.37 bits per heavy atom. The van der Waals surface area contributed by atoms with Crippen LogP contribution in [0.25, 0.3) is 21.5 Å². The summed E-state index contributed by atoms with van der Waals surface area (Å²) in [5.74, 6) is -5.47. The number of fused-ring (bicyclic) bond motifs is 2. The van der Waals surface area contributed by atoms with E-state index >= 15 is 0 Å². The van der Waals surface area contributed by atoms with Gasteiger partial charge in [-0.15, -0.1) is 0 Å². The Morgan fingerprint density at radius 1 is 0.750 bits per heavy atom. The summed E-state index contributed by atoms with van der Waals surface area (Å²) in [5, 5.41) is 45.8. The number of amides is 5. The van der Waals surface area contributed by atoms with E-state index in [1.54, 1.807) is 24.3 Å². The molecule has 0 saturated carbocycles. The lowest BCUT2D eigenvalue weighted by molar-refractivity contribution is -0.271. The van der Waals surface area contributed by atoms with Crippen LogP contribution < -0.4 is 20.3 Å². The van der Waals surface area contributed by atoms with E-state index < -0.39 is 79.2 Å². The number of aliphatic hydroxyl groups excluding tert-OH is 3. The van der Waals surface area contributed by atoms with E-state index in [1.807, 2.05) is 18.2 Å². The highest BCUT2D eigenvalue weighted by Crippen LogP contribution is 2.40. The van der Waals surface area contributed by atoms with Crippen molar-refractivity contribution in [2.75, 3.05) is 106 Å². The Balaban J connectivity index is 0.948. The van der Waals surface area contributed by atoms with Gasteiger partial charge in [0.15, 0.2) is 6.10 Å². The minimum Gasteiger partial charge on any atom is -0.496 e. The summed E-state index contributed by atoms with van der Waals surface area (Å²) < 4.78 is 85.1. The zero-order chi connectivity index (χ0) is 54.9. The molecule has 414 valence electrons. The number of halogens is 3. The number of carbonyl (C=O) groups excluding carboxylic acids is 5. The van der Waals surface area contributed by atoms with Gasteiger partial charge in [-0.25, -0.2) is 15.1 Å². The summed E-state index contributed by atoms with van der Waals surface area (Å²) in [6, 6.07) is 16.4. The fraction of sp³-hybridized carbons (Fsp3) is 0.469. The summed E-state index contributed by atoms with van der Waals surface area (Å²) in [6.45, 7) is 0.474. The molecule has 4 aromatic rings. The number of alkyl halides is 3. The molecule has 24 nitrogen and oxygen atoms in total.